The molecule has 1 heterocycles. The Morgan fingerprint density at radius 2 is 2.00 bits per heavy atom. The van der Waals surface area contributed by atoms with E-state index in [2.05, 4.69) is 50.4 Å². The van der Waals surface area contributed by atoms with Gasteiger partial charge in [0.2, 0.25) is 0 Å². The lowest BCUT2D eigenvalue weighted by molar-refractivity contribution is 0.0628. The standard InChI is InChI=1S/C16H28N2S/c1-12-11-18(7-8-19-12)15-9-14(16(2,3)4)6-5-13(15)10-17/h12-15H,5-9,11H2,1-4H3. The van der Waals surface area contributed by atoms with Gasteiger partial charge in [0, 0.05) is 30.1 Å². The highest BCUT2D eigenvalue weighted by atomic mass is 32.2. The van der Waals surface area contributed by atoms with Crippen molar-refractivity contribution in [3.8, 4) is 6.07 Å². The zero-order valence-electron chi connectivity index (χ0n) is 12.9. The lowest BCUT2D eigenvalue weighted by Gasteiger charge is -2.46. The minimum atomic E-state index is 0.258. The summed E-state index contributed by atoms with van der Waals surface area (Å²) < 4.78 is 0. The van der Waals surface area contributed by atoms with Gasteiger partial charge in [0.25, 0.3) is 0 Å². The van der Waals surface area contributed by atoms with Crippen LogP contribution in [0.5, 0.6) is 0 Å². The molecule has 0 N–H and O–H groups in total. The van der Waals surface area contributed by atoms with E-state index in [0.717, 1.165) is 17.6 Å². The molecular formula is C16H28N2S. The van der Waals surface area contributed by atoms with E-state index < -0.39 is 0 Å². The average Bonchev–Trinajstić information content (AvgIpc) is 2.37. The normalized spacial score (nSPS) is 37.8. The maximum atomic E-state index is 9.47. The van der Waals surface area contributed by atoms with Gasteiger partial charge in [-0.15, -0.1) is 0 Å². The van der Waals surface area contributed by atoms with Gasteiger partial charge in [-0.3, -0.25) is 4.90 Å². The third-order valence-electron chi connectivity index (χ3n) is 4.95. The predicted molar refractivity (Wildman–Crippen MR) is 83.2 cm³/mol. The summed E-state index contributed by atoms with van der Waals surface area (Å²) in [7, 11) is 0. The lowest BCUT2D eigenvalue weighted by atomic mass is 9.68. The molecule has 3 heteroatoms. The van der Waals surface area contributed by atoms with Gasteiger partial charge in [-0.1, -0.05) is 27.7 Å². The number of rotatable bonds is 1. The third-order valence-corrected chi connectivity index (χ3v) is 6.09. The molecule has 1 aliphatic carbocycles. The highest BCUT2D eigenvalue weighted by molar-refractivity contribution is 7.99. The molecule has 0 radical (unpaired) electrons. The van der Waals surface area contributed by atoms with Crippen molar-refractivity contribution in [2.45, 2.75) is 58.2 Å². The summed E-state index contributed by atoms with van der Waals surface area (Å²) in [5, 5.41) is 10.2. The Morgan fingerprint density at radius 3 is 2.58 bits per heavy atom. The van der Waals surface area contributed by atoms with E-state index in [9.17, 15) is 5.26 Å². The number of nitrogens with zero attached hydrogens (tertiary/aromatic N) is 2. The lowest BCUT2D eigenvalue weighted by Crippen LogP contribution is -2.50. The molecule has 0 aromatic heterocycles. The second kappa shape index (κ2) is 6.06. The van der Waals surface area contributed by atoms with Gasteiger partial charge >= 0.3 is 0 Å². The maximum Gasteiger partial charge on any atom is 0.0672 e. The van der Waals surface area contributed by atoms with Crippen LogP contribution in [0.4, 0.5) is 0 Å². The summed E-state index contributed by atoms with van der Waals surface area (Å²) in [4.78, 5) is 2.62. The first-order chi connectivity index (χ1) is 8.91. The van der Waals surface area contributed by atoms with Crippen molar-refractivity contribution in [2.75, 3.05) is 18.8 Å². The Kier molecular flexibility index (Phi) is 4.84. The number of hydrogen-bond donors (Lipinski definition) is 0. The molecule has 108 valence electrons. The van der Waals surface area contributed by atoms with E-state index in [4.69, 9.17) is 0 Å². The Bertz CT molecular complexity index is 342. The summed E-state index contributed by atoms with van der Waals surface area (Å²) in [6, 6.07) is 3.10. The van der Waals surface area contributed by atoms with Gasteiger partial charge in [-0.05, 0) is 30.6 Å². The molecular weight excluding hydrogens is 252 g/mol. The van der Waals surface area contributed by atoms with Crippen LogP contribution >= 0.6 is 11.8 Å². The van der Waals surface area contributed by atoms with Crippen LogP contribution in [0.1, 0.15) is 47.0 Å². The van der Waals surface area contributed by atoms with Gasteiger partial charge in [0.15, 0.2) is 0 Å². The summed E-state index contributed by atoms with van der Waals surface area (Å²) in [6.45, 7) is 11.7. The highest BCUT2D eigenvalue weighted by Crippen LogP contribution is 2.42. The van der Waals surface area contributed by atoms with E-state index in [1.165, 1.54) is 31.7 Å². The van der Waals surface area contributed by atoms with Gasteiger partial charge in [0.1, 0.15) is 0 Å². The molecule has 4 atom stereocenters. The van der Waals surface area contributed by atoms with Crippen molar-refractivity contribution in [1.29, 1.82) is 5.26 Å². The number of thioether (sulfide) groups is 1. The topological polar surface area (TPSA) is 27.0 Å². The van der Waals surface area contributed by atoms with E-state index in [1.807, 2.05) is 0 Å². The fourth-order valence-electron chi connectivity index (χ4n) is 3.63. The molecule has 4 unspecified atom stereocenters. The Hall–Kier alpha value is -0.200. The zero-order valence-corrected chi connectivity index (χ0v) is 13.7. The number of nitriles is 1. The van der Waals surface area contributed by atoms with E-state index in [-0.39, 0.29) is 5.92 Å². The molecule has 0 spiro atoms. The van der Waals surface area contributed by atoms with Crippen LogP contribution < -0.4 is 0 Å². The molecule has 2 rings (SSSR count). The Labute approximate surface area is 122 Å². The quantitative estimate of drug-likeness (QED) is 0.731. The molecule has 0 amide bonds. The summed E-state index contributed by atoms with van der Waals surface area (Å²) in [5.74, 6) is 2.26. The minimum Gasteiger partial charge on any atom is -0.297 e. The van der Waals surface area contributed by atoms with Crippen molar-refractivity contribution in [1.82, 2.24) is 4.90 Å². The Balaban J connectivity index is 2.07. The first-order valence-electron chi connectivity index (χ1n) is 7.67. The average molecular weight is 280 g/mol. The fourth-order valence-corrected chi connectivity index (χ4v) is 4.67. The second-order valence-electron chi connectivity index (χ2n) is 7.36. The van der Waals surface area contributed by atoms with Gasteiger partial charge in [-0.2, -0.15) is 17.0 Å². The van der Waals surface area contributed by atoms with Crippen LogP contribution in [0.3, 0.4) is 0 Å². The number of hydrogen-bond acceptors (Lipinski definition) is 3. The van der Waals surface area contributed by atoms with Crippen LogP contribution in [0.25, 0.3) is 0 Å². The monoisotopic (exact) mass is 280 g/mol. The first kappa shape index (κ1) is 15.2. The molecule has 19 heavy (non-hydrogen) atoms. The largest absolute Gasteiger partial charge is 0.297 e. The molecule has 0 aromatic rings. The van der Waals surface area contributed by atoms with Gasteiger partial charge < -0.3 is 0 Å². The summed E-state index contributed by atoms with van der Waals surface area (Å²) in [5.41, 5.74) is 0.384. The van der Waals surface area contributed by atoms with Crippen molar-refractivity contribution in [2.24, 2.45) is 17.3 Å². The molecule has 1 saturated carbocycles. The molecule has 0 aromatic carbocycles. The third kappa shape index (κ3) is 3.67. The molecule has 1 saturated heterocycles. The zero-order chi connectivity index (χ0) is 14.0. The minimum absolute atomic E-state index is 0.258. The predicted octanol–water partition coefficient (Wildman–Crippen LogP) is 3.78. The van der Waals surface area contributed by atoms with Crippen LogP contribution in [0, 0.1) is 28.6 Å². The van der Waals surface area contributed by atoms with Crippen LogP contribution in [0.15, 0.2) is 0 Å². The van der Waals surface area contributed by atoms with Gasteiger partial charge in [-0.25, -0.2) is 0 Å². The summed E-state index contributed by atoms with van der Waals surface area (Å²) >= 11 is 2.08. The van der Waals surface area contributed by atoms with Gasteiger partial charge in [0.05, 0.1) is 12.0 Å². The fraction of sp³-hybridized carbons (Fsp3) is 0.938. The molecule has 2 nitrogen and oxygen atoms in total. The second-order valence-corrected chi connectivity index (χ2v) is 8.90. The van der Waals surface area contributed by atoms with Crippen molar-refractivity contribution < 1.29 is 0 Å². The van der Waals surface area contributed by atoms with E-state index in [0.29, 0.717) is 11.5 Å². The van der Waals surface area contributed by atoms with E-state index >= 15 is 0 Å². The van der Waals surface area contributed by atoms with E-state index in [1.54, 1.807) is 0 Å². The Morgan fingerprint density at radius 1 is 1.26 bits per heavy atom. The highest BCUT2D eigenvalue weighted by Gasteiger charge is 2.39. The molecule has 1 aliphatic heterocycles. The van der Waals surface area contributed by atoms with Crippen molar-refractivity contribution >= 4 is 11.8 Å². The SMILES string of the molecule is CC1CN(C2CC(C(C)(C)C)CCC2C#N)CCS1. The van der Waals surface area contributed by atoms with Crippen LogP contribution in [0.2, 0.25) is 0 Å². The molecule has 2 aliphatic rings. The van der Waals surface area contributed by atoms with Crippen LogP contribution in [-0.4, -0.2) is 35.0 Å². The molecule has 2 fully saturated rings. The summed E-state index contributed by atoms with van der Waals surface area (Å²) in [6.07, 6.45) is 3.55. The first-order valence-corrected chi connectivity index (χ1v) is 8.72. The maximum absolute atomic E-state index is 9.47. The van der Waals surface area contributed by atoms with Crippen molar-refractivity contribution in [3.63, 3.8) is 0 Å². The van der Waals surface area contributed by atoms with Crippen molar-refractivity contribution in [3.05, 3.63) is 0 Å². The smallest absolute Gasteiger partial charge is 0.0672 e. The van der Waals surface area contributed by atoms with Crippen LogP contribution in [-0.2, 0) is 0 Å². The molecule has 0 bridgehead atoms.